The molecule has 1 aromatic carbocycles. The van der Waals surface area contributed by atoms with Crippen molar-refractivity contribution in [3.05, 3.63) is 39.9 Å². The molecule has 4 atom stereocenters. The number of aryl methyl sites for hydroxylation is 1. The van der Waals surface area contributed by atoms with E-state index in [9.17, 15) is 9.90 Å². The summed E-state index contributed by atoms with van der Waals surface area (Å²) in [5, 5.41) is 25.6. The summed E-state index contributed by atoms with van der Waals surface area (Å²) in [6.07, 6.45) is 1.37. The highest BCUT2D eigenvalue weighted by Crippen LogP contribution is 2.41. The van der Waals surface area contributed by atoms with Crippen LogP contribution in [0.25, 0.3) is 22.4 Å². The van der Waals surface area contributed by atoms with E-state index in [4.69, 9.17) is 4.42 Å². The van der Waals surface area contributed by atoms with E-state index >= 15 is 4.39 Å². The smallest absolute Gasteiger partial charge is 0.192 e. The van der Waals surface area contributed by atoms with E-state index < -0.39 is 6.17 Å². The molecule has 2 saturated heterocycles. The first-order valence-electron chi connectivity index (χ1n) is 10.0. The van der Waals surface area contributed by atoms with Gasteiger partial charge >= 0.3 is 0 Å². The summed E-state index contributed by atoms with van der Waals surface area (Å²) in [7, 11) is 1.69. The van der Waals surface area contributed by atoms with Crippen LogP contribution in [0.2, 0.25) is 0 Å². The Morgan fingerprint density at radius 3 is 2.90 bits per heavy atom. The lowest BCUT2D eigenvalue weighted by Crippen LogP contribution is -2.46. The van der Waals surface area contributed by atoms with Crippen molar-refractivity contribution in [2.45, 2.75) is 50.4 Å². The Bertz CT molecular complexity index is 1200. The number of piperidine rings is 1. The highest BCUT2D eigenvalue weighted by atomic mass is 19.1. The van der Waals surface area contributed by atoms with Crippen LogP contribution in [0.3, 0.4) is 0 Å². The van der Waals surface area contributed by atoms with Gasteiger partial charge in [0.15, 0.2) is 17.1 Å². The molecule has 8 nitrogen and oxygen atoms in total. The molecule has 0 spiro atoms. The molecule has 9 heteroatoms. The molecular weight excluding hydrogens is 389 g/mol. The number of benzene rings is 1. The first-order chi connectivity index (χ1) is 14.4. The van der Waals surface area contributed by atoms with Gasteiger partial charge in [-0.2, -0.15) is 0 Å². The van der Waals surface area contributed by atoms with Crippen LogP contribution in [0.4, 0.5) is 10.2 Å². The number of aromatic nitrogens is 3. The Morgan fingerprint density at radius 2 is 2.10 bits per heavy atom. The number of fused-ring (bicyclic) bond motifs is 3. The molecule has 3 N–H and O–H groups in total. The molecule has 2 aliphatic rings. The van der Waals surface area contributed by atoms with Crippen LogP contribution in [0.1, 0.15) is 36.6 Å². The van der Waals surface area contributed by atoms with Crippen molar-refractivity contribution in [1.82, 2.24) is 20.5 Å². The van der Waals surface area contributed by atoms with Crippen molar-refractivity contribution in [1.29, 1.82) is 0 Å². The van der Waals surface area contributed by atoms with Crippen LogP contribution in [-0.4, -0.2) is 45.6 Å². The Labute approximate surface area is 171 Å². The molecule has 30 heavy (non-hydrogen) atoms. The van der Waals surface area contributed by atoms with Gasteiger partial charge in [0.25, 0.3) is 0 Å². The number of nitrogens with one attached hydrogen (secondary N) is 2. The van der Waals surface area contributed by atoms with Gasteiger partial charge in [0, 0.05) is 37.2 Å². The van der Waals surface area contributed by atoms with E-state index in [1.165, 1.54) is 18.2 Å². The van der Waals surface area contributed by atoms with E-state index in [1.807, 2.05) is 0 Å². The summed E-state index contributed by atoms with van der Waals surface area (Å²) in [4.78, 5) is 16.8. The maximum Gasteiger partial charge on any atom is 0.192 e. The van der Waals surface area contributed by atoms with Crippen LogP contribution in [0, 0.1) is 6.92 Å². The summed E-state index contributed by atoms with van der Waals surface area (Å²) in [5.74, 6) is 0.506. The topological polar surface area (TPSA) is 113 Å². The SMILES string of the molecule is CNc1nc(-c2cc3c(=O)cc(C)oc3cc2O)nnc1[C@@H]1C[C@@H]2CC[C@@H](N2)[C@@H]1F. The quantitative estimate of drug-likeness (QED) is 0.603. The van der Waals surface area contributed by atoms with Gasteiger partial charge < -0.3 is 20.2 Å². The van der Waals surface area contributed by atoms with Crippen molar-refractivity contribution in [2.24, 2.45) is 0 Å². The summed E-state index contributed by atoms with van der Waals surface area (Å²) in [6, 6.07) is 4.38. The average Bonchev–Trinajstić information content (AvgIpc) is 3.13. The normalized spacial score (nSPS) is 25.6. The average molecular weight is 411 g/mol. The number of halogens is 1. The largest absolute Gasteiger partial charge is 0.507 e. The summed E-state index contributed by atoms with van der Waals surface area (Å²) < 4.78 is 20.5. The fourth-order valence-corrected chi connectivity index (χ4v) is 4.64. The first-order valence-corrected chi connectivity index (χ1v) is 10.0. The minimum Gasteiger partial charge on any atom is -0.507 e. The van der Waals surface area contributed by atoms with E-state index in [-0.39, 0.29) is 46.2 Å². The first kappa shape index (κ1) is 18.9. The van der Waals surface area contributed by atoms with Crippen LogP contribution in [-0.2, 0) is 0 Å². The van der Waals surface area contributed by atoms with Gasteiger partial charge in [-0.15, -0.1) is 10.2 Å². The molecule has 0 radical (unpaired) electrons. The number of hydrogen-bond donors (Lipinski definition) is 3. The van der Waals surface area contributed by atoms with Gasteiger partial charge in [-0.1, -0.05) is 0 Å². The molecule has 0 amide bonds. The van der Waals surface area contributed by atoms with Gasteiger partial charge in [-0.3, -0.25) is 4.79 Å². The van der Waals surface area contributed by atoms with Crippen molar-refractivity contribution in [2.75, 3.05) is 12.4 Å². The Hall–Kier alpha value is -3.07. The summed E-state index contributed by atoms with van der Waals surface area (Å²) in [5.41, 5.74) is 0.808. The highest BCUT2D eigenvalue weighted by molar-refractivity contribution is 5.85. The number of rotatable bonds is 3. The number of aromatic hydroxyl groups is 1. The van der Waals surface area contributed by atoms with Crippen LogP contribution in [0.5, 0.6) is 5.75 Å². The van der Waals surface area contributed by atoms with Crippen molar-refractivity contribution >= 4 is 16.8 Å². The lowest BCUT2D eigenvalue weighted by Gasteiger charge is -2.32. The second-order valence-electron chi connectivity index (χ2n) is 8.04. The number of alkyl halides is 1. The predicted molar refractivity (Wildman–Crippen MR) is 109 cm³/mol. The van der Waals surface area contributed by atoms with E-state index in [2.05, 4.69) is 25.8 Å². The zero-order valence-corrected chi connectivity index (χ0v) is 16.6. The number of phenols is 1. The third kappa shape index (κ3) is 3.00. The lowest BCUT2D eigenvalue weighted by atomic mass is 9.87. The van der Waals surface area contributed by atoms with Crippen LogP contribution in [0.15, 0.2) is 27.4 Å². The fraction of sp³-hybridized carbons (Fsp3) is 0.429. The number of anilines is 1. The predicted octanol–water partition coefficient (Wildman–Crippen LogP) is 2.65. The summed E-state index contributed by atoms with van der Waals surface area (Å²) in [6.45, 7) is 1.67. The van der Waals surface area contributed by atoms with E-state index in [0.29, 0.717) is 29.1 Å². The Kier molecular flexibility index (Phi) is 4.43. The van der Waals surface area contributed by atoms with Gasteiger partial charge in [0.2, 0.25) is 0 Å². The monoisotopic (exact) mass is 411 g/mol. The van der Waals surface area contributed by atoms with Gasteiger partial charge in [-0.25, -0.2) is 9.37 Å². The van der Waals surface area contributed by atoms with Crippen molar-refractivity contribution in [3.8, 4) is 17.1 Å². The summed E-state index contributed by atoms with van der Waals surface area (Å²) >= 11 is 0. The molecule has 156 valence electrons. The molecule has 0 aliphatic carbocycles. The molecule has 5 rings (SSSR count). The lowest BCUT2D eigenvalue weighted by molar-refractivity contribution is 0.175. The number of nitrogens with zero attached hydrogens (tertiary/aromatic N) is 3. The van der Waals surface area contributed by atoms with E-state index in [0.717, 1.165) is 12.8 Å². The fourth-order valence-electron chi connectivity index (χ4n) is 4.64. The molecule has 4 heterocycles. The third-order valence-corrected chi connectivity index (χ3v) is 6.09. The zero-order valence-electron chi connectivity index (χ0n) is 16.6. The molecule has 3 aromatic rings. The Morgan fingerprint density at radius 1 is 1.27 bits per heavy atom. The van der Waals surface area contributed by atoms with E-state index in [1.54, 1.807) is 14.0 Å². The number of hydrogen-bond acceptors (Lipinski definition) is 8. The molecule has 0 saturated carbocycles. The number of phenolic OH excluding ortho intramolecular Hbond substituents is 1. The zero-order chi connectivity index (χ0) is 21.0. The van der Waals surface area contributed by atoms with Crippen LogP contribution < -0.4 is 16.1 Å². The van der Waals surface area contributed by atoms with Crippen LogP contribution >= 0.6 is 0 Å². The van der Waals surface area contributed by atoms with Crippen molar-refractivity contribution in [3.63, 3.8) is 0 Å². The third-order valence-electron chi connectivity index (χ3n) is 6.09. The second-order valence-corrected chi connectivity index (χ2v) is 8.04. The Balaban J connectivity index is 1.58. The molecule has 2 fully saturated rings. The minimum absolute atomic E-state index is 0.129. The van der Waals surface area contributed by atoms with Gasteiger partial charge in [-0.05, 0) is 32.3 Å². The molecule has 0 unspecified atom stereocenters. The highest BCUT2D eigenvalue weighted by Gasteiger charge is 2.44. The molecule has 2 aliphatic heterocycles. The van der Waals surface area contributed by atoms with Gasteiger partial charge in [0.05, 0.1) is 10.9 Å². The second kappa shape index (κ2) is 7.02. The minimum atomic E-state index is -1.06. The maximum absolute atomic E-state index is 15.0. The van der Waals surface area contributed by atoms with Crippen molar-refractivity contribution < 1.29 is 13.9 Å². The molecule has 2 aromatic heterocycles. The maximum atomic E-state index is 15.0. The molecular formula is C21H22FN5O3. The molecule has 2 bridgehead atoms. The standard InChI is InChI=1S/C21H22FN5O3/c1-9-5-15(28)11-7-12(16(29)8-17(11)30-9)20-25-21(23-2)19(26-27-20)13-6-10-3-4-14(24-10)18(13)22/h5,7-8,10,13-14,18,24,29H,3-4,6H2,1-2H3,(H,23,25,27)/t10-,13+,14+,18+/m0/s1. The van der Waals surface area contributed by atoms with Gasteiger partial charge in [0.1, 0.15) is 29.0 Å².